The lowest BCUT2D eigenvalue weighted by atomic mass is 9.96. The lowest BCUT2D eigenvalue weighted by Crippen LogP contribution is -2.40. The van der Waals surface area contributed by atoms with Gasteiger partial charge < -0.3 is 15.0 Å². The van der Waals surface area contributed by atoms with Crippen LogP contribution in [0.15, 0.2) is 24.3 Å². The van der Waals surface area contributed by atoms with Crippen molar-refractivity contribution in [2.24, 2.45) is 5.92 Å². The number of carbonyl (C=O) groups excluding carboxylic acids is 1. The number of halogens is 1. The first-order chi connectivity index (χ1) is 10.7. The van der Waals surface area contributed by atoms with Crippen molar-refractivity contribution in [3.8, 4) is 5.75 Å². The zero-order chi connectivity index (χ0) is 15.8. The topological polar surface area (TPSA) is 41.6 Å². The maximum Gasteiger partial charge on any atom is 0.222 e. The average Bonchev–Trinajstić information content (AvgIpc) is 2.56. The van der Waals surface area contributed by atoms with E-state index in [1.807, 2.05) is 24.1 Å². The summed E-state index contributed by atoms with van der Waals surface area (Å²) < 4.78 is 5.15. The Labute approximate surface area is 146 Å². The molecule has 0 unspecified atom stereocenters. The van der Waals surface area contributed by atoms with Crippen LogP contribution in [0.25, 0.3) is 0 Å². The van der Waals surface area contributed by atoms with Gasteiger partial charge in [-0.15, -0.1) is 12.4 Å². The molecule has 5 heteroatoms. The second kappa shape index (κ2) is 10.5. The molecule has 0 aliphatic carbocycles. The van der Waals surface area contributed by atoms with Crippen LogP contribution in [0.5, 0.6) is 5.75 Å². The third-order valence-corrected chi connectivity index (χ3v) is 4.48. The van der Waals surface area contributed by atoms with Gasteiger partial charge in [-0.05, 0) is 62.9 Å². The number of rotatable bonds is 7. The molecule has 1 aromatic carbocycles. The Bertz CT molecular complexity index is 457. The number of piperidine rings is 1. The first-order valence-electron chi connectivity index (χ1n) is 8.28. The molecule has 0 saturated carbocycles. The summed E-state index contributed by atoms with van der Waals surface area (Å²) in [5.74, 6) is 1.93. The van der Waals surface area contributed by atoms with Crippen LogP contribution in [0, 0.1) is 5.92 Å². The molecule has 1 fully saturated rings. The number of nitrogens with zero attached hydrogens (tertiary/aromatic N) is 1. The molecular formula is C18H29ClN2O2. The summed E-state index contributed by atoms with van der Waals surface area (Å²) in [6.07, 6.45) is 4.78. The summed E-state index contributed by atoms with van der Waals surface area (Å²) in [5, 5.41) is 3.23. The highest BCUT2D eigenvalue weighted by Crippen LogP contribution is 2.18. The minimum Gasteiger partial charge on any atom is -0.497 e. The number of hydrogen-bond acceptors (Lipinski definition) is 3. The van der Waals surface area contributed by atoms with Crippen molar-refractivity contribution >= 4 is 18.3 Å². The molecule has 2 rings (SSSR count). The number of nitrogens with one attached hydrogen (secondary N) is 1. The summed E-state index contributed by atoms with van der Waals surface area (Å²) in [7, 11) is 3.67. The zero-order valence-electron chi connectivity index (χ0n) is 14.2. The van der Waals surface area contributed by atoms with Gasteiger partial charge in [0.2, 0.25) is 5.91 Å². The molecule has 0 aromatic heterocycles. The number of carbonyl (C=O) groups is 1. The molecule has 1 amide bonds. The number of likely N-dealkylation sites (tertiary alicyclic amines) is 1. The molecule has 23 heavy (non-hydrogen) atoms. The van der Waals surface area contributed by atoms with Gasteiger partial charge in [0.1, 0.15) is 5.75 Å². The van der Waals surface area contributed by atoms with Crippen LogP contribution < -0.4 is 10.1 Å². The van der Waals surface area contributed by atoms with Gasteiger partial charge in [0.05, 0.1) is 7.11 Å². The lowest BCUT2D eigenvalue weighted by molar-refractivity contribution is -0.132. The van der Waals surface area contributed by atoms with Crippen LogP contribution in [-0.4, -0.2) is 44.6 Å². The minimum absolute atomic E-state index is 0. The van der Waals surface area contributed by atoms with E-state index in [9.17, 15) is 4.79 Å². The highest BCUT2D eigenvalue weighted by atomic mass is 35.5. The van der Waals surface area contributed by atoms with Crippen molar-refractivity contribution in [3.05, 3.63) is 29.8 Å². The van der Waals surface area contributed by atoms with E-state index >= 15 is 0 Å². The van der Waals surface area contributed by atoms with E-state index in [2.05, 4.69) is 17.4 Å². The second-order valence-electron chi connectivity index (χ2n) is 6.08. The van der Waals surface area contributed by atoms with Crippen molar-refractivity contribution in [3.63, 3.8) is 0 Å². The highest BCUT2D eigenvalue weighted by molar-refractivity contribution is 5.85. The molecule has 1 N–H and O–H groups in total. The highest BCUT2D eigenvalue weighted by Gasteiger charge is 2.21. The Balaban J connectivity index is 0.00000264. The van der Waals surface area contributed by atoms with Gasteiger partial charge in [0.15, 0.2) is 0 Å². The minimum atomic E-state index is 0. The van der Waals surface area contributed by atoms with Crippen molar-refractivity contribution < 1.29 is 9.53 Å². The van der Waals surface area contributed by atoms with Crippen LogP contribution in [-0.2, 0) is 11.2 Å². The largest absolute Gasteiger partial charge is 0.497 e. The molecule has 0 bridgehead atoms. The van der Waals surface area contributed by atoms with Gasteiger partial charge in [0.25, 0.3) is 0 Å². The molecule has 1 heterocycles. The molecule has 1 aliphatic rings. The summed E-state index contributed by atoms with van der Waals surface area (Å²) >= 11 is 0. The molecule has 4 nitrogen and oxygen atoms in total. The third-order valence-electron chi connectivity index (χ3n) is 4.48. The predicted octanol–water partition coefficient (Wildman–Crippen LogP) is 2.90. The third kappa shape index (κ3) is 6.40. The quantitative estimate of drug-likeness (QED) is 0.829. The smallest absolute Gasteiger partial charge is 0.222 e. The molecule has 0 radical (unpaired) electrons. The number of benzene rings is 1. The molecular weight excluding hydrogens is 312 g/mol. The monoisotopic (exact) mass is 340 g/mol. The Morgan fingerprint density at radius 1 is 1.26 bits per heavy atom. The van der Waals surface area contributed by atoms with Crippen molar-refractivity contribution in [2.45, 2.75) is 32.1 Å². The standard InChI is InChI=1S/C18H28N2O2.ClH/c1-19-14-16-10-12-20(13-11-16)18(21)5-3-4-15-6-8-17(22-2)9-7-15;/h6-9,16,19H,3-5,10-14H2,1-2H3;1H. The van der Waals surface area contributed by atoms with Crippen molar-refractivity contribution in [1.29, 1.82) is 0 Å². The van der Waals surface area contributed by atoms with Gasteiger partial charge in [-0.25, -0.2) is 0 Å². The number of ether oxygens (including phenoxy) is 1. The van der Waals surface area contributed by atoms with E-state index in [-0.39, 0.29) is 12.4 Å². The Morgan fingerprint density at radius 3 is 2.48 bits per heavy atom. The van der Waals surface area contributed by atoms with Crippen LogP contribution in [0.4, 0.5) is 0 Å². The van der Waals surface area contributed by atoms with E-state index in [0.717, 1.165) is 57.0 Å². The fourth-order valence-electron chi connectivity index (χ4n) is 3.07. The van der Waals surface area contributed by atoms with E-state index in [4.69, 9.17) is 4.74 Å². The van der Waals surface area contributed by atoms with Crippen LogP contribution in [0.3, 0.4) is 0 Å². The number of aryl methyl sites for hydroxylation is 1. The van der Waals surface area contributed by atoms with Gasteiger partial charge in [0, 0.05) is 19.5 Å². The van der Waals surface area contributed by atoms with Gasteiger partial charge in [-0.3, -0.25) is 4.79 Å². The molecule has 0 atom stereocenters. The van der Waals surface area contributed by atoms with Gasteiger partial charge in [-0.2, -0.15) is 0 Å². The Kier molecular flexibility index (Phi) is 9.03. The number of methoxy groups -OCH3 is 1. The second-order valence-corrected chi connectivity index (χ2v) is 6.08. The number of amides is 1. The molecule has 1 aromatic rings. The maximum atomic E-state index is 12.2. The Hall–Kier alpha value is -1.26. The Morgan fingerprint density at radius 2 is 1.91 bits per heavy atom. The normalized spacial score (nSPS) is 15.1. The summed E-state index contributed by atoms with van der Waals surface area (Å²) in [6, 6.07) is 8.10. The van der Waals surface area contributed by atoms with E-state index < -0.39 is 0 Å². The maximum absolute atomic E-state index is 12.2. The molecule has 130 valence electrons. The fraction of sp³-hybridized carbons (Fsp3) is 0.611. The molecule has 1 aliphatic heterocycles. The molecule has 1 saturated heterocycles. The van der Waals surface area contributed by atoms with Crippen molar-refractivity contribution in [2.75, 3.05) is 33.8 Å². The van der Waals surface area contributed by atoms with E-state index in [0.29, 0.717) is 12.3 Å². The fourth-order valence-corrected chi connectivity index (χ4v) is 3.07. The summed E-state index contributed by atoms with van der Waals surface area (Å²) in [5.41, 5.74) is 1.27. The first kappa shape index (κ1) is 19.8. The van der Waals surface area contributed by atoms with Crippen LogP contribution >= 0.6 is 12.4 Å². The summed E-state index contributed by atoms with van der Waals surface area (Å²) in [4.78, 5) is 14.3. The lowest BCUT2D eigenvalue weighted by Gasteiger charge is -2.32. The average molecular weight is 341 g/mol. The predicted molar refractivity (Wildman–Crippen MR) is 96.4 cm³/mol. The van der Waals surface area contributed by atoms with Crippen molar-refractivity contribution in [1.82, 2.24) is 10.2 Å². The van der Waals surface area contributed by atoms with E-state index in [1.54, 1.807) is 7.11 Å². The molecule has 0 spiro atoms. The van der Waals surface area contributed by atoms with Gasteiger partial charge >= 0.3 is 0 Å². The first-order valence-corrected chi connectivity index (χ1v) is 8.28. The summed E-state index contributed by atoms with van der Waals surface area (Å²) in [6.45, 7) is 2.92. The van der Waals surface area contributed by atoms with Gasteiger partial charge in [-0.1, -0.05) is 12.1 Å². The zero-order valence-corrected chi connectivity index (χ0v) is 15.0. The van der Waals surface area contributed by atoms with E-state index in [1.165, 1.54) is 5.56 Å². The SMILES string of the molecule is CNCC1CCN(C(=O)CCCc2ccc(OC)cc2)CC1.Cl. The van der Waals surface area contributed by atoms with Crippen LogP contribution in [0.2, 0.25) is 0 Å². The number of hydrogen-bond donors (Lipinski definition) is 1. The van der Waals surface area contributed by atoms with Crippen LogP contribution in [0.1, 0.15) is 31.2 Å².